The fraction of sp³-hybridized carbons (Fsp3) is 0.438. The first-order valence-electron chi connectivity index (χ1n) is 7.59. The number of carbonyl (C=O) groups excluding carboxylic acids is 1. The van der Waals surface area contributed by atoms with Gasteiger partial charge in [0, 0.05) is 11.5 Å². The number of thioether (sulfide) groups is 1. The first-order valence-corrected chi connectivity index (χ1v) is 9.26. The normalized spacial score (nSPS) is 17.3. The molecule has 1 unspecified atom stereocenters. The van der Waals surface area contributed by atoms with Gasteiger partial charge in [0.25, 0.3) is 0 Å². The molecular weight excluding hydrogens is 376 g/mol. The highest BCUT2D eigenvalue weighted by atomic mass is 79.9. The Balaban J connectivity index is 1.71. The van der Waals surface area contributed by atoms with Gasteiger partial charge in [-0.2, -0.15) is 0 Å². The van der Waals surface area contributed by atoms with E-state index >= 15 is 0 Å². The molecule has 5 nitrogen and oxygen atoms in total. The average Bonchev–Trinajstić information content (AvgIpc) is 2.88. The number of amides is 1. The van der Waals surface area contributed by atoms with Gasteiger partial charge >= 0.3 is 0 Å². The number of hydrogen-bond acceptors (Lipinski definition) is 4. The van der Waals surface area contributed by atoms with E-state index in [2.05, 4.69) is 43.6 Å². The molecule has 0 saturated heterocycles. The lowest BCUT2D eigenvalue weighted by molar-refractivity contribution is -0.123. The number of carbonyl (C=O) groups is 1. The molecule has 1 atom stereocenters. The molecule has 1 fully saturated rings. The van der Waals surface area contributed by atoms with Crippen LogP contribution in [0.15, 0.2) is 40.2 Å². The van der Waals surface area contributed by atoms with E-state index in [0.29, 0.717) is 0 Å². The van der Waals surface area contributed by atoms with Crippen LogP contribution in [-0.2, 0) is 17.4 Å². The summed E-state index contributed by atoms with van der Waals surface area (Å²) in [7, 11) is 1.88. The van der Waals surface area contributed by atoms with Crippen molar-refractivity contribution in [1.82, 2.24) is 20.1 Å². The van der Waals surface area contributed by atoms with Gasteiger partial charge in [0.2, 0.25) is 5.91 Å². The molecule has 2 aromatic rings. The van der Waals surface area contributed by atoms with Crippen LogP contribution in [0.25, 0.3) is 0 Å². The summed E-state index contributed by atoms with van der Waals surface area (Å²) >= 11 is 4.94. The third-order valence-electron chi connectivity index (χ3n) is 4.27. The van der Waals surface area contributed by atoms with E-state index in [1.165, 1.54) is 17.3 Å². The second kappa shape index (κ2) is 6.65. The highest BCUT2D eigenvalue weighted by molar-refractivity contribution is 9.10. The molecule has 7 heteroatoms. The van der Waals surface area contributed by atoms with Crippen LogP contribution in [0.3, 0.4) is 0 Å². The van der Waals surface area contributed by atoms with Gasteiger partial charge in [-0.1, -0.05) is 39.8 Å². The van der Waals surface area contributed by atoms with Crippen LogP contribution >= 0.6 is 27.7 Å². The maximum Gasteiger partial charge on any atom is 0.234 e. The van der Waals surface area contributed by atoms with Gasteiger partial charge in [-0.15, -0.1) is 10.2 Å². The summed E-state index contributed by atoms with van der Waals surface area (Å²) in [5.41, 5.74) is 0.942. The Kier molecular flexibility index (Phi) is 4.77. The third kappa shape index (κ3) is 3.45. The van der Waals surface area contributed by atoms with E-state index in [9.17, 15) is 4.79 Å². The second-order valence-corrected chi connectivity index (χ2v) is 8.14. The van der Waals surface area contributed by atoms with Crippen molar-refractivity contribution in [2.75, 3.05) is 0 Å². The van der Waals surface area contributed by atoms with E-state index in [-0.39, 0.29) is 16.7 Å². The molecule has 0 aliphatic heterocycles. The van der Waals surface area contributed by atoms with Gasteiger partial charge in [0.1, 0.15) is 6.33 Å². The zero-order chi connectivity index (χ0) is 16.4. The van der Waals surface area contributed by atoms with Crippen molar-refractivity contribution in [3.63, 3.8) is 0 Å². The van der Waals surface area contributed by atoms with Crippen LogP contribution in [0.1, 0.15) is 31.7 Å². The van der Waals surface area contributed by atoms with Crippen LogP contribution in [0.2, 0.25) is 0 Å². The molecular formula is C16H19BrN4OS. The first-order chi connectivity index (χ1) is 11.0. The van der Waals surface area contributed by atoms with Crippen molar-refractivity contribution in [3.8, 4) is 0 Å². The minimum Gasteiger partial charge on any atom is -0.346 e. The fourth-order valence-electron chi connectivity index (χ4n) is 2.73. The Labute approximate surface area is 148 Å². The molecule has 1 heterocycles. The number of rotatable bonds is 5. The summed E-state index contributed by atoms with van der Waals surface area (Å²) in [6.07, 6.45) is 4.74. The molecule has 0 spiro atoms. The monoisotopic (exact) mass is 394 g/mol. The molecule has 23 heavy (non-hydrogen) atoms. The topological polar surface area (TPSA) is 59.8 Å². The predicted octanol–water partition coefficient (Wildman–Crippen LogP) is 3.25. The number of aromatic nitrogens is 3. The number of nitrogens with zero attached hydrogens (tertiary/aromatic N) is 3. The molecule has 1 aliphatic rings. The number of aryl methyl sites for hydroxylation is 1. The van der Waals surface area contributed by atoms with E-state index in [1.807, 2.05) is 30.7 Å². The Hall–Kier alpha value is -1.34. The largest absolute Gasteiger partial charge is 0.346 e. The fourth-order valence-corrected chi connectivity index (χ4v) is 3.92. The highest BCUT2D eigenvalue weighted by Gasteiger charge is 2.41. The lowest BCUT2D eigenvalue weighted by Gasteiger charge is -2.43. The highest BCUT2D eigenvalue weighted by Crippen LogP contribution is 2.42. The van der Waals surface area contributed by atoms with Crippen molar-refractivity contribution in [2.24, 2.45) is 7.05 Å². The van der Waals surface area contributed by atoms with Crippen molar-refractivity contribution >= 4 is 33.6 Å². The number of halogens is 1. The van der Waals surface area contributed by atoms with E-state index in [0.717, 1.165) is 28.9 Å². The van der Waals surface area contributed by atoms with Gasteiger partial charge in [-0.05, 0) is 43.9 Å². The Morgan fingerprint density at radius 3 is 2.83 bits per heavy atom. The quantitative estimate of drug-likeness (QED) is 0.790. The SMILES string of the molecule is CC(Sc1nncn1C)C(=O)NC1(c2cccc(Br)c2)CCC1. The molecule has 1 amide bonds. The Morgan fingerprint density at radius 2 is 2.26 bits per heavy atom. The maximum atomic E-state index is 12.6. The average molecular weight is 395 g/mol. The van der Waals surface area contributed by atoms with Gasteiger partial charge in [-0.3, -0.25) is 4.79 Å². The Morgan fingerprint density at radius 1 is 1.48 bits per heavy atom. The van der Waals surface area contributed by atoms with Gasteiger partial charge in [0.05, 0.1) is 10.8 Å². The summed E-state index contributed by atoms with van der Waals surface area (Å²) in [5.74, 6) is 0.0395. The van der Waals surface area contributed by atoms with Crippen LogP contribution < -0.4 is 5.32 Å². The van der Waals surface area contributed by atoms with Gasteiger partial charge in [0.15, 0.2) is 5.16 Å². The number of hydrogen-bond donors (Lipinski definition) is 1. The van der Waals surface area contributed by atoms with Gasteiger partial charge in [-0.25, -0.2) is 0 Å². The smallest absolute Gasteiger partial charge is 0.234 e. The maximum absolute atomic E-state index is 12.6. The lowest BCUT2D eigenvalue weighted by Crippen LogP contribution is -2.52. The van der Waals surface area contributed by atoms with Gasteiger partial charge < -0.3 is 9.88 Å². The molecule has 3 rings (SSSR count). The van der Waals surface area contributed by atoms with E-state index in [4.69, 9.17) is 0 Å². The Bertz CT molecular complexity index is 714. The molecule has 0 radical (unpaired) electrons. The second-order valence-electron chi connectivity index (χ2n) is 5.92. The van der Waals surface area contributed by atoms with Crippen LogP contribution in [-0.4, -0.2) is 25.9 Å². The zero-order valence-electron chi connectivity index (χ0n) is 13.1. The standard InChI is InChI=1S/C16H19BrN4OS/c1-11(23-15-20-18-10-21(15)2)14(22)19-16(7-4-8-16)12-5-3-6-13(17)9-12/h3,5-6,9-11H,4,7-8H2,1-2H3,(H,19,22). The molecule has 122 valence electrons. The number of nitrogens with one attached hydrogen (secondary N) is 1. The number of benzene rings is 1. The van der Waals surface area contributed by atoms with Crippen molar-refractivity contribution in [2.45, 2.75) is 42.1 Å². The summed E-state index contributed by atoms with van der Waals surface area (Å²) in [4.78, 5) is 12.6. The molecule has 1 aromatic heterocycles. The summed E-state index contributed by atoms with van der Waals surface area (Å²) in [5, 5.41) is 11.7. The molecule has 1 aromatic carbocycles. The van der Waals surface area contributed by atoms with Crippen molar-refractivity contribution < 1.29 is 4.79 Å². The molecule has 1 N–H and O–H groups in total. The molecule has 1 saturated carbocycles. The van der Waals surface area contributed by atoms with Crippen LogP contribution in [0.4, 0.5) is 0 Å². The minimum absolute atomic E-state index is 0.0395. The predicted molar refractivity (Wildman–Crippen MR) is 94.1 cm³/mol. The van der Waals surface area contributed by atoms with Crippen molar-refractivity contribution in [3.05, 3.63) is 40.6 Å². The van der Waals surface area contributed by atoms with Crippen LogP contribution in [0, 0.1) is 0 Å². The van der Waals surface area contributed by atoms with Crippen LogP contribution in [0.5, 0.6) is 0 Å². The summed E-state index contributed by atoms with van der Waals surface area (Å²) in [6, 6.07) is 8.21. The van der Waals surface area contributed by atoms with E-state index < -0.39 is 0 Å². The first kappa shape index (κ1) is 16.5. The zero-order valence-corrected chi connectivity index (χ0v) is 15.5. The summed E-state index contributed by atoms with van der Waals surface area (Å²) < 4.78 is 2.86. The van der Waals surface area contributed by atoms with Crippen molar-refractivity contribution in [1.29, 1.82) is 0 Å². The minimum atomic E-state index is -0.227. The molecule has 1 aliphatic carbocycles. The lowest BCUT2D eigenvalue weighted by atomic mass is 9.71. The third-order valence-corrected chi connectivity index (χ3v) is 5.91. The molecule has 0 bridgehead atoms. The summed E-state index contributed by atoms with van der Waals surface area (Å²) in [6.45, 7) is 1.90. The van der Waals surface area contributed by atoms with E-state index in [1.54, 1.807) is 6.33 Å².